The van der Waals surface area contributed by atoms with Crippen LogP contribution in [0, 0.1) is 6.92 Å². The van der Waals surface area contributed by atoms with Crippen LogP contribution in [0.15, 0.2) is 42.5 Å². The first-order chi connectivity index (χ1) is 10.6. The van der Waals surface area contributed by atoms with Crippen molar-refractivity contribution in [2.24, 2.45) is 0 Å². The van der Waals surface area contributed by atoms with Crippen LogP contribution in [0.5, 0.6) is 0 Å². The fourth-order valence-corrected chi connectivity index (χ4v) is 4.29. The fourth-order valence-electron chi connectivity index (χ4n) is 4.29. The minimum Gasteiger partial charge on any atom is -0.314 e. The van der Waals surface area contributed by atoms with E-state index in [2.05, 4.69) is 49.4 Å². The van der Waals surface area contributed by atoms with Crippen LogP contribution >= 0.6 is 0 Å². The van der Waals surface area contributed by atoms with E-state index in [1.54, 1.807) is 0 Å². The maximum absolute atomic E-state index is 13.3. The maximum Gasteiger partial charge on any atom is 0.241 e. The van der Waals surface area contributed by atoms with E-state index in [1.165, 1.54) is 22.3 Å². The van der Waals surface area contributed by atoms with Gasteiger partial charge in [-0.1, -0.05) is 48.4 Å². The summed E-state index contributed by atoms with van der Waals surface area (Å²) >= 11 is 0. The molecule has 0 fully saturated rings. The van der Waals surface area contributed by atoms with Gasteiger partial charge in [-0.05, 0) is 48.9 Å². The van der Waals surface area contributed by atoms with E-state index in [1.807, 2.05) is 11.9 Å². The summed E-state index contributed by atoms with van der Waals surface area (Å²) < 4.78 is 0. The van der Waals surface area contributed by atoms with Crippen LogP contribution in [0.4, 0.5) is 5.69 Å². The quantitative estimate of drug-likeness (QED) is 0.719. The molecular weight excluding hydrogens is 270 g/mol. The zero-order valence-corrected chi connectivity index (χ0v) is 13.2. The smallest absolute Gasteiger partial charge is 0.241 e. The molecule has 22 heavy (non-hydrogen) atoms. The number of hydrogen-bond acceptors (Lipinski definition) is 1. The highest BCUT2D eigenvalue weighted by molar-refractivity contribution is 6.10. The van der Waals surface area contributed by atoms with E-state index in [9.17, 15) is 4.79 Å². The number of carbonyl (C=O) groups excluding carboxylic acids is 1. The first-order valence-corrected chi connectivity index (χ1v) is 8.12. The molecule has 4 rings (SSSR count). The van der Waals surface area contributed by atoms with Crippen molar-refractivity contribution in [2.45, 2.75) is 38.0 Å². The predicted molar refractivity (Wildman–Crippen MR) is 89.4 cm³/mol. The van der Waals surface area contributed by atoms with Crippen molar-refractivity contribution in [3.63, 3.8) is 0 Å². The van der Waals surface area contributed by atoms with Gasteiger partial charge in [-0.25, -0.2) is 0 Å². The molecule has 1 unspecified atom stereocenters. The summed E-state index contributed by atoms with van der Waals surface area (Å²) in [7, 11) is 1.92. The molecule has 0 N–H and O–H groups in total. The molecule has 2 heteroatoms. The molecule has 1 amide bonds. The standard InChI is InChI=1S/C20H21NO/c1-14-10-11-18-17(13-14)20(19(22)21(18)2)12-6-5-8-15-7-3-4-9-16(15)20/h3-4,7,9-11,13H,5-6,8,12H2,1-2H3. The van der Waals surface area contributed by atoms with Crippen LogP contribution in [-0.4, -0.2) is 13.0 Å². The Morgan fingerprint density at radius 3 is 2.73 bits per heavy atom. The first kappa shape index (κ1) is 13.6. The van der Waals surface area contributed by atoms with Crippen LogP contribution < -0.4 is 4.90 Å². The van der Waals surface area contributed by atoms with E-state index in [4.69, 9.17) is 0 Å². The summed E-state index contributed by atoms with van der Waals surface area (Å²) in [6, 6.07) is 15.0. The van der Waals surface area contributed by atoms with E-state index in [0.717, 1.165) is 31.4 Å². The number of rotatable bonds is 0. The van der Waals surface area contributed by atoms with Crippen molar-refractivity contribution in [1.82, 2.24) is 0 Å². The molecule has 0 aromatic heterocycles. The third-order valence-electron chi connectivity index (χ3n) is 5.37. The average Bonchev–Trinajstić information content (AvgIpc) is 2.68. The van der Waals surface area contributed by atoms with Gasteiger partial charge >= 0.3 is 0 Å². The minimum atomic E-state index is -0.469. The maximum atomic E-state index is 13.3. The lowest BCUT2D eigenvalue weighted by Crippen LogP contribution is -2.39. The van der Waals surface area contributed by atoms with Crippen molar-refractivity contribution in [3.05, 3.63) is 64.7 Å². The predicted octanol–water partition coefficient (Wildman–Crippen LogP) is 3.98. The topological polar surface area (TPSA) is 20.3 Å². The van der Waals surface area contributed by atoms with Crippen molar-refractivity contribution < 1.29 is 4.79 Å². The largest absolute Gasteiger partial charge is 0.314 e. The van der Waals surface area contributed by atoms with Gasteiger partial charge in [0, 0.05) is 12.7 Å². The van der Waals surface area contributed by atoms with Crippen molar-refractivity contribution >= 4 is 11.6 Å². The SMILES string of the molecule is Cc1ccc2c(c1)C1(CCCCc3ccccc31)C(=O)N2C. The van der Waals surface area contributed by atoms with Crippen molar-refractivity contribution in [3.8, 4) is 0 Å². The number of fused-ring (bicyclic) bond motifs is 4. The summed E-state index contributed by atoms with van der Waals surface area (Å²) in [5.41, 5.74) is 5.61. The van der Waals surface area contributed by atoms with Crippen LogP contribution in [0.1, 0.15) is 41.5 Å². The molecule has 0 radical (unpaired) electrons. The third kappa shape index (κ3) is 1.64. The minimum absolute atomic E-state index is 0.238. The Morgan fingerprint density at radius 2 is 1.86 bits per heavy atom. The lowest BCUT2D eigenvalue weighted by Gasteiger charge is -2.29. The summed E-state index contributed by atoms with van der Waals surface area (Å²) in [5.74, 6) is 0.238. The molecule has 1 heterocycles. The molecule has 1 aliphatic carbocycles. The number of likely N-dealkylation sites (N-methyl/N-ethyl adjacent to an activating group) is 1. The highest BCUT2D eigenvalue weighted by atomic mass is 16.2. The number of benzene rings is 2. The van der Waals surface area contributed by atoms with Gasteiger partial charge in [0.05, 0.1) is 0 Å². The van der Waals surface area contributed by atoms with E-state index in [-0.39, 0.29) is 5.91 Å². The fraction of sp³-hybridized carbons (Fsp3) is 0.350. The van der Waals surface area contributed by atoms with Crippen LogP contribution in [-0.2, 0) is 16.6 Å². The van der Waals surface area contributed by atoms with Crippen LogP contribution in [0.3, 0.4) is 0 Å². The zero-order chi connectivity index (χ0) is 15.3. The second-order valence-corrected chi connectivity index (χ2v) is 6.65. The highest BCUT2D eigenvalue weighted by Gasteiger charge is 2.51. The molecule has 1 atom stereocenters. The lowest BCUT2D eigenvalue weighted by atomic mass is 9.71. The first-order valence-electron chi connectivity index (χ1n) is 8.12. The van der Waals surface area contributed by atoms with Crippen LogP contribution in [0.2, 0.25) is 0 Å². The molecule has 2 aromatic carbocycles. The van der Waals surface area contributed by atoms with Gasteiger partial charge in [0.2, 0.25) is 5.91 Å². The Hall–Kier alpha value is -2.09. The molecule has 0 bridgehead atoms. The normalized spacial score (nSPS) is 23.4. The number of hydrogen-bond donors (Lipinski definition) is 0. The molecule has 112 valence electrons. The second-order valence-electron chi connectivity index (χ2n) is 6.65. The monoisotopic (exact) mass is 291 g/mol. The van der Waals surface area contributed by atoms with Gasteiger partial charge in [-0.15, -0.1) is 0 Å². The lowest BCUT2D eigenvalue weighted by molar-refractivity contribution is -0.121. The number of amides is 1. The van der Waals surface area contributed by atoms with E-state index >= 15 is 0 Å². The summed E-state index contributed by atoms with van der Waals surface area (Å²) in [6.45, 7) is 2.11. The third-order valence-corrected chi connectivity index (χ3v) is 5.37. The molecule has 2 aromatic rings. The van der Waals surface area contributed by atoms with Crippen molar-refractivity contribution in [1.29, 1.82) is 0 Å². The van der Waals surface area contributed by atoms with Gasteiger partial charge in [0.25, 0.3) is 0 Å². The molecule has 1 aliphatic heterocycles. The summed E-state index contributed by atoms with van der Waals surface area (Å²) in [6.07, 6.45) is 4.26. The van der Waals surface area contributed by atoms with Crippen molar-refractivity contribution in [2.75, 3.05) is 11.9 Å². The molecule has 2 aliphatic rings. The number of aryl methyl sites for hydroxylation is 2. The Kier molecular flexibility index (Phi) is 2.90. The summed E-state index contributed by atoms with van der Waals surface area (Å²) in [4.78, 5) is 15.1. The molecule has 2 nitrogen and oxygen atoms in total. The highest BCUT2D eigenvalue weighted by Crippen LogP contribution is 2.51. The van der Waals surface area contributed by atoms with E-state index < -0.39 is 5.41 Å². The number of carbonyl (C=O) groups is 1. The Morgan fingerprint density at radius 1 is 1.05 bits per heavy atom. The van der Waals surface area contributed by atoms with Gasteiger partial charge in [0.1, 0.15) is 5.41 Å². The second kappa shape index (κ2) is 4.70. The Balaban J connectivity index is 2.06. The summed E-state index contributed by atoms with van der Waals surface area (Å²) in [5, 5.41) is 0. The Bertz CT molecular complexity index is 764. The zero-order valence-electron chi connectivity index (χ0n) is 13.2. The van der Waals surface area contributed by atoms with E-state index in [0.29, 0.717) is 0 Å². The van der Waals surface area contributed by atoms with Gasteiger partial charge in [-0.2, -0.15) is 0 Å². The molecule has 1 spiro atoms. The number of anilines is 1. The number of nitrogens with zero attached hydrogens (tertiary/aromatic N) is 1. The average molecular weight is 291 g/mol. The van der Waals surface area contributed by atoms with Gasteiger partial charge in [0.15, 0.2) is 0 Å². The Labute approximate surface area is 131 Å². The molecule has 0 saturated heterocycles. The van der Waals surface area contributed by atoms with Gasteiger partial charge in [-0.3, -0.25) is 4.79 Å². The van der Waals surface area contributed by atoms with Gasteiger partial charge < -0.3 is 4.90 Å². The molecular formula is C20H21NO. The van der Waals surface area contributed by atoms with Crippen LogP contribution in [0.25, 0.3) is 0 Å². The molecule has 0 saturated carbocycles.